The van der Waals surface area contributed by atoms with Crippen LogP contribution in [-0.4, -0.2) is 61.7 Å². The number of amides is 1. The SMILES string of the molecule is CC(C)=CCOc1cc(C(=O)N2CCN(Cc3ccccc3)CC2)cc(OCC=C(C)C)c1OCC=C(C)C. The molecule has 0 saturated carbocycles. The van der Waals surface area contributed by atoms with E-state index in [1.54, 1.807) is 12.1 Å². The molecule has 2 aromatic carbocycles. The molecule has 1 heterocycles. The fraction of sp³-hybridized carbons (Fsp3) is 0.424. The van der Waals surface area contributed by atoms with E-state index in [1.165, 1.54) is 5.56 Å². The van der Waals surface area contributed by atoms with Gasteiger partial charge in [0.15, 0.2) is 11.5 Å². The smallest absolute Gasteiger partial charge is 0.254 e. The van der Waals surface area contributed by atoms with E-state index in [4.69, 9.17) is 14.2 Å². The molecule has 1 fully saturated rings. The van der Waals surface area contributed by atoms with Gasteiger partial charge in [-0.1, -0.05) is 47.1 Å². The summed E-state index contributed by atoms with van der Waals surface area (Å²) in [6, 6.07) is 14.0. The van der Waals surface area contributed by atoms with E-state index in [9.17, 15) is 4.79 Å². The first kappa shape index (κ1) is 30.0. The second-order valence-electron chi connectivity index (χ2n) is 10.6. The Balaban J connectivity index is 1.83. The van der Waals surface area contributed by atoms with E-state index in [-0.39, 0.29) is 5.91 Å². The number of allylic oxidation sites excluding steroid dienone is 3. The molecule has 6 heteroatoms. The Morgan fingerprint density at radius 2 is 1.21 bits per heavy atom. The topological polar surface area (TPSA) is 51.2 Å². The number of ether oxygens (including phenoxy) is 3. The highest BCUT2D eigenvalue weighted by molar-refractivity contribution is 5.95. The minimum absolute atomic E-state index is 0.0238. The minimum Gasteiger partial charge on any atom is -0.485 e. The summed E-state index contributed by atoms with van der Waals surface area (Å²) in [6.07, 6.45) is 6.02. The summed E-state index contributed by atoms with van der Waals surface area (Å²) in [5.74, 6) is 1.51. The highest BCUT2D eigenvalue weighted by Crippen LogP contribution is 2.40. The molecule has 210 valence electrons. The van der Waals surface area contributed by atoms with Crippen molar-refractivity contribution in [3.8, 4) is 17.2 Å². The number of carbonyl (C=O) groups excluding carboxylic acids is 1. The first-order valence-electron chi connectivity index (χ1n) is 13.7. The Hall–Kier alpha value is -3.51. The number of benzene rings is 2. The number of hydrogen-bond acceptors (Lipinski definition) is 5. The van der Waals surface area contributed by atoms with Crippen LogP contribution in [-0.2, 0) is 6.54 Å². The molecule has 1 saturated heterocycles. The largest absolute Gasteiger partial charge is 0.485 e. The second kappa shape index (κ2) is 15.2. The molecule has 0 bridgehead atoms. The van der Waals surface area contributed by atoms with E-state index >= 15 is 0 Å². The van der Waals surface area contributed by atoms with Crippen LogP contribution in [0.5, 0.6) is 17.2 Å². The Bertz CT molecular complexity index is 1120. The fourth-order valence-electron chi connectivity index (χ4n) is 4.08. The van der Waals surface area contributed by atoms with Crippen LogP contribution in [0.2, 0.25) is 0 Å². The summed E-state index contributed by atoms with van der Waals surface area (Å²) in [6.45, 7) is 17.2. The number of carbonyl (C=O) groups is 1. The lowest BCUT2D eigenvalue weighted by Crippen LogP contribution is -2.48. The molecule has 1 amide bonds. The number of nitrogens with zero attached hydrogens (tertiary/aromatic N) is 2. The molecule has 0 radical (unpaired) electrons. The summed E-state index contributed by atoms with van der Waals surface area (Å²) in [5, 5.41) is 0. The molecule has 0 aliphatic carbocycles. The van der Waals surface area contributed by atoms with Gasteiger partial charge < -0.3 is 19.1 Å². The Morgan fingerprint density at radius 3 is 1.69 bits per heavy atom. The molecular formula is C33H44N2O4. The predicted molar refractivity (Wildman–Crippen MR) is 159 cm³/mol. The molecular weight excluding hydrogens is 488 g/mol. The van der Waals surface area contributed by atoms with Gasteiger partial charge in [0.2, 0.25) is 5.75 Å². The van der Waals surface area contributed by atoms with Crippen molar-refractivity contribution in [1.82, 2.24) is 9.80 Å². The van der Waals surface area contributed by atoms with Crippen LogP contribution in [0, 0.1) is 0 Å². The van der Waals surface area contributed by atoms with E-state index < -0.39 is 0 Å². The highest BCUT2D eigenvalue weighted by atomic mass is 16.5. The molecule has 1 aliphatic rings. The third-order valence-corrected chi connectivity index (χ3v) is 6.36. The van der Waals surface area contributed by atoms with E-state index in [1.807, 2.05) is 70.7 Å². The van der Waals surface area contributed by atoms with Crippen molar-refractivity contribution in [2.24, 2.45) is 0 Å². The second-order valence-corrected chi connectivity index (χ2v) is 10.6. The maximum Gasteiger partial charge on any atom is 0.254 e. The summed E-state index contributed by atoms with van der Waals surface area (Å²) < 4.78 is 18.4. The zero-order valence-corrected chi connectivity index (χ0v) is 24.5. The predicted octanol–water partition coefficient (Wildman–Crippen LogP) is 6.68. The lowest BCUT2D eigenvalue weighted by atomic mass is 10.1. The first-order chi connectivity index (χ1) is 18.7. The van der Waals surface area contributed by atoms with Crippen molar-refractivity contribution in [3.05, 3.63) is 88.5 Å². The quantitative estimate of drug-likeness (QED) is 0.286. The van der Waals surface area contributed by atoms with Crippen molar-refractivity contribution in [2.75, 3.05) is 46.0 Å². The average molecular weight is 533 g/mol. The van der Waals surface area contributed by atoms with Crippen molar-refractivity contribution in [1.29, 1.82) is 0 Å². The van der Waals surface area contributed by atoms with Gasteiger partial charge in [0.25, 0.3) is 5.91 Å². The third kappa shape index (κ3) is 9.95. The number of rotatable bonds is 12. The fourth-order valence-corrected chi connectivity index (χ4v) is 4.08. The monoisotopic (exact) mass is 532 g/mol. The molecule has 0 N–H and O–H groups in total. The standard InChI is InChI=1S/C33H44N2O4/c1-25(2)12-19-37-30-22-29(23-31(38-20-13-26(3)4)32(30)39-21-14-27(5)6)33(36)35-17-15-34(16-18-35)24-28-10-8-7-9-11-28/h7-14,22-23H,15-21,24H2,1-6H3. The summed E-state index contributed by atoms with van der Waals surface area (Å²) in [7, 11) is 0. The number of hydrogen-bond donors (Lipinski definition) is 0. The van der Waals surface area contributed by atoms with Crippen molar-refractivity contribution < 1.29 is 19.0 Å². The van der Waals surface area contributed by atoms with Gasteiger partial charge >= 0.3 is 0 Å². The van der Waals surface area contributed by atoms with E-state index in [2.05, 4.69) is 29.2 Å². The lowest BCUT2D eigenvalue weighted by molar-refractivity contribution is 0.0627. The lowest BCUT2D eigenvalue weighted by Gasteiger charge is -2.35. The zero-order valence-electron chi connectivity index (χ0n) is 24.5. The first-order valence-corrected chi connectivity index (χ1v) is 13.7. The van der Waals surface area contributed by atoms with Crippen molar-refractivity contribution in [2.45, 2.75) is 48.1 Å². The maximum absolute atomic E-state index is 13.7. The van der Waals surface area contributed by atoms with Gasteiger partial charge in [0.05, 0.1) is 0 Å². The molecule has 0 aromatic heterocycles. The molecule has 1 aliphatic heterocycles. The summed E-state index contributed by atoms with van der Waals surface area (Å²) in [5.41, 5.74) is 5.30. The van der Waals surface area contributed by atoms with Gasteiger partial charge in [-0.15, -0.1) is 0 Å². The van der Waals surface area contributed by atoms with Crippen LogP contribution < -0.4 is 14.2 Å². The van der Waals surface area contributed by atoms with Crippen LogP contribution in [0.25, 0.3) is 0 Å². The van der Waals surface area contributed by atoms with Crippen LogP contribution in [0.15, 0.2) is 77.4 Å². The third-order valence-electron chi connectivity index (χ3n) is 6.36. The van der Waals surface area contributed by atoms with E-state index in [0.29, 0.717) is 55.7 Å². The maximum atomic E-state index is 13.7. The molecule has 6 nitrogen and oxygen atoms in total. The van der Waals surface area contributed by atoms with E-state index in [0.717, 1.165) is 36.4 Å². The summed E-state index contributed by atoms with van der Waals surface area (Å²) >= 11 is 0. The molecule has 39 heavy (non-hydrogen) atoms. The normalized spacial score (nSPS) is 13.3. The van der Waals surface area contributed by atoms with Crippen molar-refractivity contribution >= 4 is 5.91 Å². The Kier molecular flexibility index (Phi) is 11.7. The average Bonchev–Trinajstić information content (AvgIpc) is 2.89. The van der Waals surface area contributed by atoms with Crippen LogP contribution in [0.4, 0.5) is 0 Å². The zero-order chi connectivity index (χ0) is 28.2. The highest BCUT2D eigenvalue weighted by Gasteiger charge is 2.25. The number of piperazine rings is 1. The van der Waals surface area contributed by atoms with Crippen LogP contribution in [0.1, 0.15) is 57.5 Å². The summed E-state index contributed by atoms with van der Waals surface area (Å²) in [4.78, 5) is 18.0. The molecule has 0 unspecified atom stereocenters. The Morgan fingerprint density at radius 1 is 0.718 bits per heavy atom. The van der Waals surface area contributed by atoms with Crippen LogP contribution in [0.3, 0.4) is 0 Å². The minimum atomic E-state index is -0.0238. The van der Waals surface area contributed by atoms with Gasteiger partial charge in [-0.25, -0.2) is 0 Å². The van der Waals surface area contributed by atoms with Crippen molar-refractivity contribution in [3.63, 3.8) is 0 Å². The van der Waals surface area contributed by atoms with Gasteiger partial charge in [0, 0.05) is 38.3 Å². The molecule has 0 atom stereocenters. The molecule has 2 aromatic rings. The molecule has 0 spiro atoms. The van der Waals surface area contributed by atoms with Gasteiger partial charge in [0.1, 0.15) is 19.8 Å². The van der Waals surface area contributed by atoms with Gasteiger partial charge in [-0.2, -0.15) is 0 Å². The van der Waals surface area contributed by atoms with Gasteiger partial charge in [-0.05, 0) is 77.5 Å². The molecule has 3 rings (SSSR count). The van der Waals surface area contributed by atoms with Crippen LogP contribution >= 0.6 is 0 Å². The Labute approximate surface area is 234 Å². The van der Waals surface area contributed by atoms with Gasteiger partial charge in [-0.3, -0.25) is 9.69 Å².